The van der Waals surface area contributed by atoms with Crippen LogP contribution >= 0.6 is 27.3 Å². The molecular formula is C13H11BrN4O3S. The lowest BCUT2D eigenvalue weighted by Crippen LogP contribution is -2.46. The van der Waals surface area contributed by atoms with Gasteiger partial charge in [-0.2, -0.15) is 0 Å². The normalized spacial score (nSPS) is 9.86. The lowest BCUT2D eigenvalue weighted by atomic mass is 10.3. The van der Waals surface area contributed by atoms with Gasteiger partial charge in [0.25, 0.3) is 17.7 Å². The molecule has 7 nitrogen and oxygen atoms in total. The van der Waals surface area contributed by atoms with Crippen molar-refractivity contribution in [2.75, 3.05) is 6.54 Å². The minimum Gasteiger partial charge on any atom is -0.342 e. The standard InChI is InChI=1S/C13H11BrN4O3S/c14-10-4-3-9(22-10)13(21)16-7-11(19)17-18-12(20)8-2-1-5-15-6-8/h1-6H,7H2,(H,16,21)(H,17,19)(H,18,20). The molecule has 2 aromatic heterocycles. The van der Waals surface area contributed by atoms with E-state index in [4.69, 9.17) is 0 Å². The summed E-state index contributed by atoms with van der Waals surface area (Å²) in [7, 11) is 0. The molecule has 0 aliphatic rings. The minimum absolute atomic E-state index is 0.248. The summed E-state index contributed by atoms with van der Waals surface area (Å²) < 4.78 is 0.825. The van der Waals surface area contributed by atoms with E-state index in [9.17, 15) is 14.4 Å². The fraction of sp³-hybridized carbons (Fsp3) is 0.0769. The molecule has 0 saturated heterocycles. The van der Waals surface area contributed by atoms with E-state index in [0.29, 0.717) is 10.4 Å². The number of aromatic nitrogens is 1. The molecule has 0 aromatic carbocycles. The number of amides is 3. The molecule has 0 aliphatic carbocycles. The van der Waals surface area contributed by atoms with Gasteiger partial charge in [0.2, 0.25) is 0 Å². The van der Waals surface area contributed by atoms with Crippen LogP contribution in [0, 0.1) is 0 Å². The Balaban J connectivity index is 1.74. The Labute approximate surface area is 138 Å². The van der Waals surface area contributed by atoms with Gasteiger partial charge in [-0.05, 0) is 40.2 Å². The predicted molar refractivity (Wildman–Crippen MR) is 84.2 cm³/mol. The summed E-state index contributed by atoms with van der Waals surface area (Å²) in [6, 6.07) is 6.56. The molecule has 0 radical (unpaired) electrons. The van der Waals surface area contributed by atoms with E-state index in [-0.39, 0.29) is 12.5 Å². The van der Waals surface area contributed by atoms with Crippen LogP contribution < -0.4 is 16.2 Å². The summed E-state index contributed by atoms with van der Waals surface area (Å²) in [5.74, 6) is -1.39. The molecule has 22 heavy (non-hydrogen) atoms. The number of thiophene rings is 1. The van der Waals surface area contributed by atoms with Crippen LogP contribution in [-0.4, -0.2) is 29.3 Å². The number of rotatable bonds is 4. The van der Waals surface area contributed by atoms with Gasteiger partial charge >= 0.3 is 0 Å². The molecule has 0 bridgehead atoms. The zero-order chi connectivity index (χ0) is 15.9. The number of hydrogen-bond acceptors (Lipinski definition) is 5. The van der Waals surface area contributed by atoms with E-state index in [1.165, 1.54) is 23.7 Å². The summed E-state index contributed by atoms with van der Waals surface area (Å²) in [6.45, 7) is -0.248. The summed E-state index contributed by atoms with van der Waals surface area (Å²) in [5, 5.41) is 2.45. The molecule has 2 heterocycles. The first-order chi connectivity index (χ1) is 10.6. The highest BCUT2D eigenvalue weighted by atomic mass is 79.9. The molecular weight excluding hydrogens is 372 g/mol. The number of halogens is 1. The first-order valence-electron chi connectivity index (χ1n) is 6.09. The van der Waals surface area contributed by atoms with Crippen LogP contribution in [0.4, 0.5) is 0 Å². The van der Waals surface area contributed by atoms with Crippen LogP contribution in [-0.2, 0) is 4.79 Å². The Kier molecular flexibility index (Phi) is 5.61. The maximum Gasteiger partial charge on any atom is 0.271 e. The van der Waals surface area contributed by atoms with Gasteiger partial charge in [-0.1, -0.05) is 0 Å². The van der Waals surface area contributed by atoms with E-state index in [1.807, 2.05) is 0 Å². The first-order valence-corrected chi connectivity index (χ1v) is 7.70. The molecule has 2 rings (SSSR count). The Hall–Kier alpha value is -2.26. The van der Waals surface area contributed by atoms with Crippen LogP contribution in [0.1, 0.15) is 20.0 Å². The van der Waals surface area contributed by atoms with Gasteiger partial charge in [0.05, 0.1) is 20.8 Å². The molecule has 0 fully saturated rings. The predicted octanol–water partition coefficient (Wildman–Crippen LogP) is 1.10. The Morgan fingerprint density at radius 3 is 2.59 bits per heavy atom. The SMILES string of the molecule is O=C(CNC(=O)c1ccc(Br)s1)NNC(=O)c1cccnc1. The second-order valence-corrected chi connectivity index (χ2v) is 6.49. The highest BCUT2D eigenvalue weighted by Crippen LogP contribution is 2.21. The number of carbonyl (C=O) groups excluding carboxylic acids is 3. The van der Waals surface area contributed by atoms with E-state index >= 15 is 0 Å². The smallest absolute Gasteiger partial charge is 0.271 e. The fourth-order valence-electron chi connectivity index (χ4n) is 1.42. The minimum atomic E-state index is -0.541. The first kappa shape index (κ1) is 16.1. The number of pyridine rings is 1. The van der Waals surface area contributed by atoms with Gasteiger partial charge in [0, 0.05) is 12.4 Å². The average molecular weight is 383 g/mol. The van der Waals surface area contributed by atoms with Gasteiger partial charge in [-0.3, -0.25) is 30.2 Å². The maximum absolute atomic E-state index is 11.7. The van der Waals surface area contributed by atoms with Crippen molar-refractivity contribution in [3.8, 4) is 0 Å². The van der Waals surface area contributed by atoms with Crippen LogP contribution in [0.25, 0.3) is 0 Å². The number of nitrogens with one attached hydrogen (secondary N) is 3. The molecule has 0 aliphatic heterocycles. The second-order valence-electron chi connectivity index (χ2n) is 4.03. The molecule has 3 amide bonds. The summed E-state index contributed by atoms with van der Waals surface area (Å²) in [4.78, 5) is 39.2. The van der Waals surface area contributed by atoms with Crippen LogP contribution in [0.2, 0.25) is 0 Å². The lowest BCUT2D eigenvalue weighted by Gasteiger charge is -2.07. The molecule has 0 unspecified atom stereocenters. The van der Waals surface area contributed by atoms with E-state index < -0.39 is 11.8 Å². The van der Waals surface area contributed by atoms with Crippen molar-refractivity contribution >= 4 is 45.0 Å². The third kappa shape index (κ3) is 4.64. The van der Waals surface area contributed by atoms with Crippen molar-refractivity contribution < 1.29 is 14.4 Å². The van der Waals surface area contributed by atoms with Crippen molar-refractivity contribution in [2.45, 2.75) is 0 Å². The molecule has 114 valence electrons. The van der Waals surface area contributed by atoms with E-state index in [1.54, 1.807) is 24.3 Å². The van der Waals surface area contributed by atoms with Gasteiger partial charge in [0.1, 0.15) is 0 Å². The Bertz CT molecular complexity index is 690. The second kappa shape index (κ2) is 7.66. The van der Waals surface area contributed by atoms with Crippen molar-refractivity contribution in [2.24, 2.45) is 0 Å². The molecule has 0 atom stereocenters. The van der Waals surface area contributed by atoms with Gasteiger partial charge in [0.15, 0.2) is 0 Å². The van der Waals surface area contributed by atoms with Crippen molar-refractivity contribution in [3.63, 3.8) is 0 Å². The highest BCUT2D eigenvalue weighted by molar-refractivity contribution is 9.11. The third-order valence-electron chi connectivity index (χ3n) is 2.45. The highest BCUT2D eigenvalue weighted by Gasteiger charge is 2.11. The monoisotopic (exact) mass is 382 g/mol. The van der Waals surface area contributed by atoms with Crippen LogP contribution in [0.3, 0.4) is 0 Å². The summed E-state index contributed by atoms with van der Waals surface area (Å²) in [5.41, 5.74) is 4.75. The molecule has 0 saturated carbocycles. The number of hydrazine groups is 1. The number of carbonyl (C=O) groups is 3. The van der Waals surface area contributed by atoms with Crippen molar-refractivity contribution in [1.82, 2.24) is 21.2 Å². The number of hydrogen-bond donors (Lipinski definition) is 3. The van der Waals surface area contributed by atoms with Crippen molar-refractivity contribution in [1.29, 1.82) is 0 Å². The zero-order valence-electron chi connectivity index (χ0n) is 11.1. The quantitative estimate of drug-likeness (QED) is 0.689. The summed E-state index contributed by atoms with van der Waals surface area (Å²) in [6.07, 6.45) is 2.91. The topological polar surface area (TPSA) is 100 Å². The van der Waals surface area contributed by atoms with Gasteiger partial charge in [-0.25, -0.2) is 0 Å². The third-order valence-corrected chi connectivity index (χ3v) is 4.07. The van der Waals surface area contributed by atoms with E-state index in [0.717, 1.165) is 3.79 Å². The lowest BCUT2D eigenvalue weighted by molar-refractivity contribution is -0.120. The van der Waals surface area contributed by atoms with Crippen molar-refractivity contribution in [3.05, 3.63) is 50.9 Å². The number of nitrogens with zero attached hydrogens (tertiary/aromatic N) is 1. The molecule has 2 aromatic rings. The molecule has 0 spiro atoms. The van der Waals surface area contributed by atoms with Crippen LogP contribution in [0.15, 0.2) is 40.4 Å². The van der Waals surface area contributed by atoms with Gasteiger partial charge in [-0.15, -0.1) is 11.3 Å². The summed E-state index contributed by atoms with van der Waals surface area (Å²) >= 11 is 4.51. The zero-order valence-corrected chi connectivity index (χ0v) is 13.5. The average Bonchev–Trinajstić information content (AvgIpc) is 2.97. The fourth-order valence-corrected chi connectivity index (χ4v) is 2.73. The maximum atomic E-state index is 11.7. The Morgan fingerprint density at radius 1 is 1.14 bits per heavy atom. The Morgan fingerprint density at radius 2 is 1.95 bits per heavy atom. The molecule has 3 N–H and O–H groups in total. The van der Waals surface area contributed by atoms with Crippen LogP contribution in [0.5, 0.6) is 0 Å². The molecule has 9 heteroatoms. The largest absolute Gasteiger partial charge is 0.342 e. The van der Waals surface area contributed by atoms with Gasteiger partial charge < -0.3 is 5.32 Å². The van der Waals surface area contributed by atoms with E-state index in [2.05, 4.69) is 37.1 Å².